The zero-order valence-corrected chi connectivity index (χ0v) is 14.4. The number of hydrogen-bond donors (Lipinski definition) is 1. The highest BCUT2D eigenvalue weighted by atomic mass is 16.3. The van der Waals surface area contributed by atoms with Crippen LogP contribution in [-0.4, -0.2) is 11.3 Å². The Hall–Kier alpha value is -2.61. The van der Waals surface area contributed by atoms with Crippen molar-refractivity contribution in [2.45, 2.75) is 26.8 Å². The summed E-state index contributed by atoms with van der Waals surface area (Å²) in [5.74, 6) is 0.594. The molecule has 1 atom stereocenters. The summed E-state index contributed by atoms with van der Waals surface area (Å²) in [6.07, 6.45) is 1.91. The molecule has 0 saturated carbocycles. The van der Waals surface area contributed by atoms with E-state index in [4.69, 9.17) is 4.99 Å². The van der Waals surface area contributed by atoms with Crippen LogP contribution in [0.5, 0.6) is 5.75 Å². The molecule has 3 aromatic carbocycles. The van der Waals surface area contributed by atoms with Crippen LogP contribution < -0.4 is 0 Å². The lowest BCUT2D eigenvalue weighted by Crippen LogP contribution is -2.06. The van der Waals surface area contributed by atoms with Gasteiger partial charge in [0.2, 0.25) is 0 Å². The lowest BCUT2D eigenvalue weighted by atomic mass is 9.91. The lowest BCUT2D eigenvalue weighted by molar-refractivity contribution is 0.444. The van der Waals surface area contributed by atoms with Crippen LogP contribution in [0.4, 0.5) is 0 Å². The van der Waals surface area contributed by atoms with Crippen LogP contribution in [0.2, 0.25) is 0 Å². The van der Waals surface area contributed by atoms with Crippen LogP contribution in [0.3, 0.4) is 0 Å². The second-order valence-corrected chi connectivity index (χ2v) is 6.60. The van der Waals surface area contributed by atoms with E-state index in [0.29, 0.717) is 5.75 Å². The highest BCUT2D eigenvalue weighted by molar-refractivity contribution is 5.88. The fourth-order valence-electron chi connectivity index (χ4n) is 2.99. The SMILES string of the molecule is Cc1ccc(C=NC(c2c(O)ccc3ccccc23)C(C)C)cc1. The topological polar surface area (TPSA) is 32.6 Å². The van der Waals surface area contributed by atoms with E-state index in [1.165, 1.54) is 5.56 Å². The first-order chi connectivity index (χ1) is 11.6. The number of rotatable bonds is 4. The van der Waals surface area contributed by atoms with Crippen LogP contribution in [-0.2, 0) is 0 Å². The average molecular weight is 317 g/mol. The first-order valence-electron chi connectivity index (χ1n) is 8.36. The number of benzene rings is 3. The van der Waals surface area contributed by atoms with Gasteiger partial charge >= 0.3 is 0 Å². The zero-order chi connectivity index (χ0) is 17.1. The number of nitrogens with zero attached hydrogens (tertiary/aromatic N) is 1. The molecule has 0 radical (unpaired) electrons. The van der Waals surface area contributed by atoms with Crippen molar-refractivity contribution in [2.24, 2.45) is 10.9 Å². The molecule has 2 nitrogen and oxygen atoms in total. The molecule has 1 unspecified atom stereocenters. The minimum absolute atomic E-state index is 0.0857. The zero-order valence-electron chi connectivity index (χ0n) is 14.4. The van der Waals surface area contributed by atoms with E-state index in [-0.39, 0.29) is 12.0 Å². The Balaban J connectivity index is 2.06. The van der Waals surface area contributed by atoms with Gasteiger partial charge in [-0.2, -0.15) is 0 Å². The number of aromatic hydroxyl groups is 1. The van der Waals surface area contributed by atoms with Gasteiger partial charge in [0.1, 0.15) is 5.75 Å². The molecule has 0 heterocycles. The number of phenolic OH excluding ortho intramolecular Hbond substituents is 1. The van der Waals surface area contributed by atoms with Crippen molar-refractivity contribution in [1.82, 2.24) is 0 Å². The van der Waals surface area contributed by atoms with Gasteiger partial charge in [0, 0.05) is 11.8 Å². The number of aliphatic imine (C=N–C) groups is 1. The second-order valence-electron chi connectivity index (χ2n) is 6.60. The first kappa shape index (κ1) is 16.3. The molecule has 1 N–H and O–H groups in total. The maximum absolute atomic E-state index is 10.5. The number of phenols is 1. The highest BCUT2D eigenvalue weighted by Crippen LogP contribution is 2.38. The summed E-state index contributed by atoms with van der Waals surface area (Å²) >= 11 is 0. The van der Waals surface area contributed by atoms with E-state index >= 15 is 0 Å². The van der Waals surface area contributed by atoms with E-state index in [1.54, 1.807) is 6.07 Å². The largest absolute Gasteiger partial charge is 0.508 e. The van der Waals surface area contributed by atoms with E-state index in [2.05, 4.69) is 57.2 Å². The Morgan fingerprint density at radius 3 is 2.33 bits per heavy atom. The second kappa shape index (κ2) is 6.88. The number of aryl methyl sites for hydroxylation is 1. The van der Waals surface area contributed by atoms with Crippen molar-refractivity contribution in [3.05, 3.63) is 77.4 Å². The molecule has 2 heteroatoms. The normalized spacial score (nSPS) is 13.0. The summed E-state index contributed by atoms with van der Waals surface area (Å²) in [5.41, 5.74) is 3.22. The fraction of sp³-hybridized carbons (Fsp3) is 0.227. The summed E-state index contributed by atoms with van der Waals surface area (Å²) in [4.78, 5) is 4.82. The molecule has 0 aliphatic heterocycles. The van der Waals surface area contributed by atoms with Gasteiger partial charge in [0.05, 0.1) is 6.04 Å². The van der Waals surface area contributed by atoms with Gasteiger partial charge in [0.25, 0.3) is 0 Å². The van der Waals surface area contributed by atoms with Crippen molar-refractivity contribution in [2.75, 3.05) is 0 Å². The molecular formula is C22H23NO. The summed E-state index contributed by atoms with van der Waals surface area (Å²) < 4.78 is 0. The Kier molecular flexibility index (Phi) is 4.66. The van der Waals surface area contributed by atoms with Crippen LogP contribution in [0.15, 0.2) is 65.7 Å². The maximum atomic E-state index is 10.5. The molecule has 122 valence electrons. The predicted molar refractivity (Wildman–Crippen MR) is 102 cm³/mol. The van der Waals surface area contributed by atoms with Crippen molar-refractivity contribution in [3.8, 4) is 5.75 Å². The van der Waals surface area contributed by atoms with Gasteiger partial charge in [0.15, 0.2) is 0 Å². The predicted octanol–water partition coefficient (Wildman–Crippen LogP) is 5.67. The van der Waals surface area contributed by atoms with Crippen LogP contribution >= 0.6 is 0 Å². The third kappa shape index (κ3) is 3.33. The smallest absolute Gasteiger partial charge is 0.121 e. The van der Waals surface area contributed by atoms with E-state index < -0.39 is 0 Å². The molecule has 0 bridgehead atoms. The molecule has 24 heavy (non-hydrogen) atoms. The molecule has 0 fully saturated rings. The minimum atomic E-state index is -0.0857. The van der Waals surface area contributed by atoms with E-state index in [9.17, 15) is 5.11 Å². The molecule has 0 saturated heterocycles. The standard InChI is InChI=1S/C22H23NO/c1-15(2)22(23-14-17-10-8-16(3)9-11-17)21-19-7-5-4-6-18(19)12-13-20(21)24/h4-15,22,24H,1-3H3. The van der Waals surface area contributed by atoms with Gasteiger partial charge < -0.3 is 5.11 Å². The minimum Gasteiger partial charge on any atom is -0.508 e. The molecule has 0 aliphatic rings. The monoisotopic (exact) mass is 317 g/mol. The Morgan fingerprint density at radius 2 is 1.62 bits per heavy atom. The maximum Gasteiger partial charge on any atom is 0.121 e. The Morgan fingerprint density at radius 1 is 0.917 bits per heavy atom. The van der Waals surface area contributed by atoms with E-state index in [0.717, 1.165) is 21.9 Å². The molecule has 3 aromatic rings. The van der Waals surface area contributed by atoms with Gasteiger partial charge in [-0.3, -0.25) is 4.99 Å². The Labute approximate surface area is 143 Å². The Bertz CT molecular complexity index is 863. The van der Waals surface area contributed by atoms with Gasteiger partial charge in [-0.15, -0.1) is 0 Å². The highest BCUT2D eigenvalue weighted by Gasteiger charge is 2.20. The molecular weight excluding hydrogens is 294 g/mol. The van der Waals surface area contributed by atoms with Crippen molar-refractivity contribution in [3.63, 3.8) is 0 Å². The van der Waals surface area contributed by atoms with Crippen LogP contribution in [0.1, 0.15) is 36.6 Å². The third-order valence-electron chi connectivity index (χ3n) is 4.34. The van der Waals surface area contributed by atoms with Crippen molar-refractivity contribution in [1.29, 1.82) is 0 Å². The molecule has 0 amide bonds. The fourth-order valence-corrected chi connectivity index (χ4v) is 2.99. The average Bonchev–Trinajstić information content (AvgIpc) is 2.58. The van der Waals surface area contributed by atoms with Gasteiger partial charge in [-0.05, 0) is 35.2 Å². The van der Waals surface area contributed by atoms with Crippen molar-refractivity contribution < 1.29 is 5.11 Å². The van der Waals surface area contributed by atoms with Crippen molar-refractivity contribution >= 4 is 17.0 Å². The first-order valence-corrected chi connectivity index (χ1v) is 8.36. The summed E-state index contributed by atoms with van der Waals surface area (Å²) in [5, 5.41) is 12.7. The lowest BCUT2D eigenvalue weighted by Gasteiger charge is -2.20. The molecule has 0 aliphatic carbocycles. The third-order valence-corrected chi connectivity index (χ3v) is 4.34. The molecule has 3 rings (SSSR count). The molecule has 0 spiro atoms. The summed E-state index contributed by atoms with van der Waals surface area (Å²) in [6, 6.07) is 20.1. The van der Waals surface area contributed by atoms with Gasteiger partial charge in [-0.25, -0.2) is 0 Å². The summed E-state index contributed by atoms with van der Waals surface area (Å²) in [6.45, 7) is 6.35. The number of hydrogen-bond acceptors (Lipinski definition) is 2. The number of fused-ring (bicyclic) bond motifs is 1. The van der Waals surface area contributed by atoms with E-state index in [1.807, 2.05) is 24.4 Å². The van der Waals surface area contributed by atoms with Crippen LogP contribution in [0, 0.1) is 12.8 Å². The molecule has 0 aromatic heterocycles. The summed E-state index contributed by atoms with van der Waals surface area (Å²) in [7, 11) is 0. The van der Waals surface area contributed by atoms with Crippen LogP contribution in [0.25, 0.3) is 10.8 Å². The quantitative estimate of drug-likeness (QED) is 0.618. The van der Waals surface area contributed by atoms with Gasteiger partial charge in [-0.1, -0.05) is 74.0 Å².